The van der Waals surface area contributed by atoms with Crippen LogP contribution in [0.25, 0.3) is 0 Å². The number of carbonyl (C=O) groups is 1. The van der Waals surface area contributed by atoms with Crippen molar-refractivity contribution in [3.8, 4) is 0 Å². The van der Waals surface area contributed by atoms with Crippen molar-refractivity contribution < 1.29 is 4.79 Å². The van der Waals surface area contributed by atoms with Crippen LogP contribution < -0.4 is 5.32 Å². The maximum absolute atomic E-state index is 12.1. The van der Waals surface area contributed by atoms with Crippen LogP contribution in [0.2, 0.25) is 0 Å². The molecule has 0 unspecified atom stereocenters. The molecule has 2 aromatic heterocycles. The van der Waals surface area contributed by atoms with E-state index in [-0.39, 0.29) is 11.9 Å². The second-order valence-electron chi connectivity index (χ2n) is 4.67. The molecule has 0 aliphatic rings. The number of hydrogen-bond donors (Lipinski definition) is 1. The van der Waals surface area contributed by atoms with Gasteiger partial charge in [-0.15, -0.1) is 11.3 Å². The zero-order chi connectivity index (χ0) is 14.4. The summed E-state index contributed by atoms with van der Waals surface area (Å²) in [4.78, 5) is 17.6. The van der Waals surface area contributed by atoms with E-state index in [1.165, 1.54) is 4.88 Å². The highest BCUT2D eigenvalue weighted by Gasteiger charge is 2.17. The molecule has 6 heteroatoms. The summed E-state index contributed by atoms with van der Waals surface area (Å²) in [6, 6.07) is 1.62. The summed E-state index contributed by atoms with van der Waals surface area (Å²) in [5.74, 6) is 0.0391. The van der Waals surface area contributed by atoms with Crippen molar-refractivity contribution >= 4 is 17.2 Å². The number of hydrogen-bond acceptors (Lipinski definition) is 4. The number of thiazole rings is 1. The highest BCUT2D eigenvalue weighted by Crippen LogP contribution is 2.14. The predicted molar refractivity (Wildman–Crippen MR) is 79.7 cm³/mol. The first-order chi connectivity index (χ1) is 9.72. The van der Waals surface area contributed by atoms with E-state index in [0.29, 0.717) is 6.54 Å². The van der Waals surface area contributed by atoms with Crippen molar-refractivity contribution in [3.63, 3.8) is 0 Å². The fraction of sp³-hybridized carbons (Fsp3) is 0.500. The first kappa shape index (κ1) is 14.7. The summed E-state index contributed by atoms with van der Waals surface area (Å²) in [6.45, 7) is 4.70. The van der Waals surface area contributed by atoms with Gasteiger partial charge >= 0.3 is 0 Å². The SMILES string of the molecule is CC[C@H](C(=O)NCCCc1scnc1C)n1cccn1. The molecule has 2 aromatic rings. The van der Waals surface area contributed by atoms with Crippen LogP contribution in [0.1, 0.15) is 36.4 Å². The van der Waals surface area contributed by atoms with Crippen LogP contribution in [-0.2, 0) is 11.2 Å². The number of aryl methyl sites for hydroxylation is 2. The molecule has 0 bridgehead atoms. The number of amides is 1. The summed E-state index contributed by atoms with van der Waals surface area (Å²) in [5, 5.41) is 7.13. The third kappa shape index (κ3) is 3.66. The minimum Gasteiger partial charge on any atom is -0.354 e. The predicted octanol–water partition coefficient (Wildman–Crippen LogP) is 2.35. The van der Waals surface area contributed by atoms with Gasteiger partial charge in [0.2, 0.25) is 5.91 Å². The van der Waals surface area contributed by atoms with Crippen molar-refractivity contribution in [1.29, 1.82) is 0 Å². The van der Waals surface area contributed by atoms with Crippen LogP contribution in [-0.4, -0.2) is 27.2 Å². The summed E-state index contributed by atoms with van der Waals surface area (Å²) < 4.78 is 1.71. The molecule has 0 radical (unpaired) electrons. The summed E-state index contributed by atoms with van der Waals surface area (Å²) in [7, 11) is 0. The number of aromatic nitrogens is 3. The van der Waals surface area contributed by atoms with E-state index in [4.69, 9.17) is 0 Å². The zero-order valence-corrected chi connectivity index (χ0v) is 12.7. The van der Waals surface area contributed by atoms with Crippen LogP contribution >= 0.6 is 11.3 Å². The second-order valence-corrected chi connectivity index (χ2v) is 5.60. The van der Waals surface area contributed by atoms with Crippen LogP contribution in [0.4, 0.5) is 0 Å². The van der Waals surface area contributed by atoms with Gasteiger partial charge in [0.25, 0.3) is 0 Å². The lowest BCUT2D eigenvalue weighted by molar-refractivity contribution is -0.124. The summed E-state index contributed by atoms with van der Waals surface area (Å²) >= 11 is 1.68. The van der Waals surface area contributed by atoms with Crippen LogP contribution in [0.5, 0.6) is 0 Å². The Hall–Kier alpha value is -1.69. The largest absolute Gasteiger partial charge is 0.354 e. The van der Waals surface area contributed by atoms with E-state index in [1.54, 1.807) is 22.2 Å². The molecule has 1 amide bonds. The number of nitrogens with one attached hydrogen (secondary N) is 1. The van der Waals surface area contributed by atoms with E-state index in [1.807, 2.05) is 31.6 Å². The molecule has 2 heterocycles. The van der Waals surface area contributed by atoms with E-state index in [0.717, 1.165) is 25.0 Å². The Morgan fingerprint density at radius 2 is 2.40 bits per heavy atom. The van der Waals surface area contributed by atoms with Gasteiger partial charge in [-0.1, -0.05) is 6.92 Å². The Labute approximate surface area is 123 Å². The van der Waals surface area contributed by atoms with Gasteiger partial charge in [0, 0.05) is 23.8 Å². The Balaban J connectivity index is 1.76. The normalized spacial score (nSPS) is 12.3. The van der Waals surface area contributed by atoms with Crippen LogP contribution in [0.3, 0.4) is 0 Å². The van der Waals surface area contributed by atoms with Crippen molar-refractivity contribution in [2.45, 2.75) is 39.2 Å². The molecule has 0 saturated carbocycles. The Bertz CT molecular complexity index is 535. The van der Waals surface area contributed by atoms with Crippen molar-refractivity contribution in [1.82, 2.24) is 20.1 Å². The van der Waals surface area contributed by atoms with Crippen molar-refractivity contribution in [2.24, 2.45) is 0 Å². The minimum absolute atomic E-state index is 0.0391. The highest BCUT2D eigenvalue weighted by molar-refractivity contribution is 7.09. The van der Waals surface area contributed by atoms with Gasteiger partial charge in [-0.25, -0.2) is 4.98 Å². The molecule has 0 aliphatic heterocycles. The smallest absolute Gasteiger partial charge is 0.244 e. The monoisotopic (exact) mass is 292 g/mol. The quantitative estimate of drug-likeness (QED) is 0.797. The topological polar surface area (TPSA) is 59.8 Å². The molecule has 0 aliphatic carbocycles. The molecule has 20 heavy (non-hydrogen) atoms. The average Bonchev–Trinajstić information content (AvgIpc) is 3.08. The molecule has 108 valence electrons. The fourth-order valence-electron chi connectivity index (χ4n) is 2.10. The molecule has 1 N–H and O–H groups in total. The summed E-state index contributed by atoms with van der Waals surface area (Å²) in [6.07, 6.45) is 6.16. The zero-order valence-electron chi connectivity index (χ0n) is 11.9. The minimum atomic E-state index is -0.213. The van der Waals surface area contributed by atoms with Gasteiger partial charge < -0.3 is 5.32 Å². The lowest BCUT2D eigenvalue weighted by Crippen LogP contribution is -2.33. The lowest BCUT2D eigenvalue weighted by Gasteiger charge is -2.15. The molecule has 0 fully saturated rings. The first-order valence-electron chi connectivity index (χ1n) is 6.88. The van der Waals surface area contributed by atoms with Gasteiger partial charge in [-0.2, -0.15) is 5.10 Å². The molecule has 0 saturated heterocycles. The highest BCUT2D eigenvalue weighted by atomic mass is 32.1. The number of carbonyl (C=O) groups excluding carboxylic acids is 1. The van der Waals surface area contributed by atoms with Gasteiger partial charge in [-0.05, 0) is 32.3 Å². The van der Waals surface area contributed by atoms with Crippen molar-refractivity contribution in [2.75, 3.05) is 6.54 Å². The van der Waals surface area contributed by atoms with E-state index in [2.05, 4.69) is 15.4 Å². The average molecular weight is 292 g/mol. The van der Waals surface area contributed by atoms with Crippen LogP contribution in [0, 0.1) is 6.92 Å². The maximum atomic E-state index is 12.1. The second kappa shape index (κ2) is 7.19. The third-order valence-corrected chi connectivity index (χ3v) is 4.25. The molecule has 0 aromatic carbocycles. The van der Waals surface area contributed by atoms with Gasteiger partial charge in [-0.3, -0.25) is 9.48 Å². The fourth-order valence-corrected chi connectivity index (χ4v) is 2.93. The van der Waals surface area contributed by atoms with Gasteiger partial charge in [0.15, 0.2) is 0 Å². The number of rotatable bonds is 7. The molecular weight excluding hydrogens is 272 g/mol. The first-order valence-corrected chi connectivity index (χ1v) is 7.76. The van der Waals surface area contributed by atoms with E-state index < -0.39 is 0 Å². The molecule has 1 atom stereocenters. The van der Waals surface area contributed by atoms with E-state index >= 15 is 0 Å². The molecular formula is C14H20N4OS. The standard InChI is InChI=1S/C14H20N4OS/c1-3-12(18-9-5-8-17-18)14(19)15-7-4-6-13-11(2)16-10-20-13/h5,8-10,12H,3-4,6-7H2,1-2H3,(H,15,19)/t12-/m1/s1. The molecule has 5 nitrogen and oxygen atoms in total. The lowest BCUT2D eigenvalue weighted by atomic mass is 10.2. The van der Waals surface area contributed by atoms with E-state index in [9.17, 15) is 4.79 Å². The number of nitrogens with zero attached hydrogens (tertiary/aromatic N) is 3. The third-order valence-electron chi connectivity index (χ3n) is 3.26. The molecule has 2 rings (SSSR count). The molecule has 0 spiro atoms. The van der Waals surface area contributed by atoms with Gasteiger partial charge in [0.05, 0.1) is 11.2 Å². The Morgan fingerprint density at radius 1 is 1.55 bits per heavy atom. The Kier molecular flexibility index (Phi) is 5.29. The van der Waals surface area contributed by atoms with Crippen molar-refractivity contribution in [3.05, 3.63) is 34.5 Å². The van der Waals surface area contributed by atoms with Gasteiger partial charge in [0.1, 0.15) is 6.04 Å². The summed E-state index contributed by atoms with van der Waals surface area (Å²) in [5.41, 5.74) is 2.97. The maximum Gasteiger partial charge on any atom is 0.244 e. The van der Waals surface area contributed by atoms with Crippen LogP contribution in [0.15, 0.2) is 24.0 Å². The Morgan fingerprint density at radius 3 is 3.00 bits per heavy atom.